The highest BCUT2D eigenvalue weighted by Crippen LogP contribution is 2.38. The Bertz CT molecular complexity index is 911. The van der Waals surface area contributed by atoms with E-state index in [1.807, 2.05) is 30.3 Å². The molecule has 200 valence electrons. The molecule has 3 atom stereocenters. The van der Waals surface area contributed by atoms with Crippen LogP contribution < -0.4 is 4.74 Å². The molecular weight excluding hydrogens is 472 g/mol. The van der Waals surface area contributed by atoms with Gasteiger partial charge in [-0.15, -0.1) is 0 Å². The normalized spacial score (nSPS) is 18.8. The van der Waals surface area contributed by atoms with Crippen LogP contribution in [-0.4, -0.2) is 46.3 Å². The topological polar surface area (TPSA) is 63.2 Å². The average molecular weight is 517 g/mol. The van der Waals surface area contributed by atoms with Gasteiger partial charge in [-0.1, -0.05) is 56.7 Å². The molecule has 1 aliphatic heterocycles. The quantitative estimate of drug-likeness (QED) is 0.133. The first-order valence-electron chi connectivity index (χ1n) is 12.6. The molecule has 0 saturated heterocycles. The van der Waals surface area contributed by atoms with E-state index in [-0.39, 0.29) is 29.3 Å². The molecule has 0 radical (unpaired) electrons. The fourth-order valence-electron chi connectivity index (χ4n) is 3.44. The predicted molar refractivity (Wildman–Crippen MR) is 146 cm³/mol. The van der Waals surface area contributed by atoms with E-state index in [2.05, 4.69) is 59.0 Å². The molecule has 1 heterocycles. The van der Waals surface area contributed by atoms with Crippen molar-refractivity contribution in [2.24, 2.45) is 0 Å². The maximum absolute atomic E-state index is 11.2. The van der Waals surface area contributed by atoms with Crippen LogP contribution in [-0.2, 0) is 30.0 Å². The van der Waals surface area contributed by atoms with Crippen LogP contribution in [0.15, 0.2) is 60.4 Å². The van der Waals surface area contributed by atoms with Gasteiger partial charge in [0.05, 0.1) is 44.9 Å². The van der Waals surface area contributed by atoms with Gasteiger partial charge >= 0.3 is 5.97 Å². The number of carbonyl (C=O) groups is 1. The van der Waals surface area contributed by atoms with Crippen molar-refractivity contribution in [2.75, 3.05) is 13.7 Å². The van der Waals surface area contributed by atoms with Crippen molar-refractivity contribution < 1.29 is 28.2 Å². The number of hydrogen-bond acceptors (Lipinski definition) is 6. The summed E-state index contributed by atoms with van der Waals surface area (Å²) >= 11 is 0. The summed E-state index contributed by atoms with van der Waals surface area (Å²) in [7, 11) is -0.474. The van der Waals surface area contributed by atoms with Gasteiger partial charge in [0.15, 0.2) is 8.32 Å². The van der Waals surface area contributed by atoms with E-state index in [1.54, 1.807) is 7.11 Å². The van der Waals surface area contributed by atoms with E-state index in [9.17, 15) is 4.79 Å². The molecule has 0 amide bonds. The second-order valence-electron chi connectivity index (χ2n) is 10.8. The highest BCUT2D eigenvalue weighted by molar-refractivity contribution is 6.74. The zero-order valence-electron chi connectivity index (χ0n) is 23.2. The van der Waals surface area contributed by atoms with Crippen molar-refractivity contribution >= 4 is 14.3 Å². The van der Waals surface area contributed by atoms with Crippen molar-refractivity contribution in [1.82, 2.24) is 0 Å². The lowest BCUT2D eigenvalue weighted by molar-refractivity contribution is -0.135. The second kappa shape index (κ2) is 13.9. The van der Waals surface area contributed by atoms with Gasteiger partial charge < -0.3 is 23.4 Å². The molecule has 1 aromatic rings. The minimum Gasteiger partial charge on any atom is -0.497 e. The lowest BCUT2D eigenvalue weighted by atomic mass is 10.0. The van der Waals surface area contributed by atoms with Crippen molar-refractivity contribution in [3.05, 3.63) is 66.0 Å². The van der Waals surface area contributed by atoms with Crippen LogP contribution in [0, 0.1) is 0 Å². The molecule has 1 unspecified atom stereocenters. The first-order valence-corrected chi connectivity index (χ1v) is 15.5. The Balaban J connectivity index is 2.29. The maximum atomic E-state index is 11.2. The van der Waals surface area contributed by atoms with Crippen molar-refractivity contribution in [1.29, 1.82) is 0 Å². The van der Waals surface area contributed by atoms with Gasteiger partial charge in [-0.25, -0.2) is 0 Å². The molecule has 36 heavy (non-hydrogen) atoms. The van der Waals surface area contributed by atoms with Crippen LogP contribution in [0.4, 0.5) is 0 Å². The third-order valence-electron chi connectivity index (χ3n) is 6.71. The highest BCUT2D eigenvalue weighted by atomic mass is 28.4. The van der Waals surface area contributed by atoms with E-state index < -0.39 is 8.32 Å². The standard InChI is InChI=1S/C29H44O6Si/c1-22-17-19-33-26(20-22)15-16-28(35-36(7,8)29(3,4)5)27(10-9-18-32-23(2)30)34-21-24-11-13-25(31-6)14-12-24/h9,11-18,26-28H,10,19-21H2,1-8H3/t26-,27+,28?/m1/s1. The SMILES string of the molecule is COc1ccc(CO[C@@H](CC=COC(C)=O)C(C=C[C@@H]2CC(C)=CCO2)O[Si](C)(C)C(C)(C)C)cc1. The van der Waals surface area contributed by atoms with E-state index >= 15 is 0 Å². The molecule has 1 aliphatic rings. The molecule has 2 rings (SSSR count). The Kier molecular flexibility index (Phi) is 11.6. The summed E-state index contributed by atoms with van der Waals surface area (Å²) in [4.78, 5) is 11.2. The Morgan fingerprint density at radius 3 is 2.50 bits per heavy atom. The second-order valence-corrected chi connectivity index (χ2v) is 15.5. The van der Waals surface area contributed by atoms with E-state index in [4.69, 9.17) is 23.4 Å². The van der Waals surface area contributed by atoms with Crippen molar-refractivity contribution in [3.8, 4) is 5.75 Å². The van der Waals surface area contributed by atoms with Crippen LogP contribution in [0.3, 0.4) is 0 Å². The van der Waals surface area contributed by atoms with Crippen LogP contribution in [0.5, 0.6) is 5.75 Å². The zero-order valence-corrected chi connectivity index (χ0v) is 24.2. The highest BCUT2D eigenvalue weighted by Gasteiger charge is 2.40. The summed E-state index contributed by atoms with van der Waals surface area (Å²) in [5.74, 6) is 0.451. The van der Waals surface area contributed by atoms with Crippen molar-refractivity contribution in [3.63, 3.8) is 0 Å². The summed E-state index contributed by atoms with van der Waals surface area (Å²) < 4.78 is 29.5. The summed E-state index contributed by atoms with van der Waals surface area (Å²) in [6, 6.07) is 7.84. The number of ether oxygens (including phenoxy) is 4. The zero-order chi connectivity index (χ0) is 26.8. The van der Waals surface area contributed by atoms with Crippen molar-refractivity contribution in [2.45, 2.75) is 90.5 Å². The van der Waals surface area contributed by atoms with Gasteiger partial charge in [-0.05, 0) is 61.7 Å². The molecule has 0 aromatic heterocycles. The van der Waals surface area contributed by atoms with Crippen LogP contribution >= 0.6 is 0 Å². The third kappa shape index (κ3) is 10.0. The summed E-state index contributed by atoms with van der Waals surface area (Å²) in [6.45, 7) is 15.7. The van der Waals surface area contributed by atoms with E-state index in [1.165, 1.54) is 18.8 Å². The fraction of sp³-hybridized carbons (Fsp3) is 0.552. The molecule has 0 bridgehead atoms. The minimum absolute atomic E-state index is 0.0133. The molecule has 1 aromatic carbocycles. The van der Waals surface area contributed by atoms with Gasteiger partial charge in [0.25, 0.3) is 0 Å². The number of benzene rings is 1. The third-order valence-corrected chi connectivity index (χ3v) is 11.2. The van der Waals surface area contributed by atoms with Gasteiger partial charge in [0.1, 0.15) is 5.75 Å². The maximum Gasteiger partial charge on any atom is 0.307 e. The molecular formula is C29H44O6Si. The molecule has 0 N–H and O–H groups in total. The molecule has 0 spiro atoms. The summed E-state index contributed by atoms with van der Waals surface area (Å²) in [5, 5.41) is 0.0356. The molecule has 0 aliphatic carbocycles. The molecule has 6 nitrogen and oxygen atoms in total. The largest absolute Gasteiger partial charge is 0.497 e. The van der Waals surface area contributed by atoms with Crippen LogP contribution in [0.25, 0.3) is 0 Å². The van der Waals surface area contributed by atoms with Crippen LogP contribution in [0.2, 0.25) is 18.1 Å². The van der Waals surface area contributed by atoms with Gasteiger partial charge in [-0.2, -0.15) is 0 Å². The average Bonchev–Trinajstić information content (AvgIpc) is 2.81. The Labute approximate surface area is 218 Å². The predicted octanol–water partition coefficient (Wildman–Crippen LogP) is 6.73. The number of methoxy groups -OCH3 is 1. The van der Waals surface area contributed by atoms with E-state index in [0.717, 1.165) is 17.7 Å². The summed E-state index contributed by atoms with van der Waals surface area (Å²) in [6.07, 6.45) is 10.4. The van der Waals surface area contributed by atoms with Gasteiger partial charge in [0.2, 0.25) is 0 Å². The Hall–Kier alpha value is -2.19. The number of carbonyl (C=O) groups excluding carboxylic acids is 1. The molecule has 0 saturated carbocycles. The lowest BCUT2D eigenvalue weighted by Gasteiger charge is -2.40. The smallest absolute Gasteiger partial charge is 0.307 e. The fourth-order valence-corrected chi connectivity index (χ4v) is 4.71. The number of hydrogen-bond donors (Lipinski definition) is 0. The lowest BCUT2D eigenvalue weighted by Crippen LogP contribution is -2.47. The minimum atomic E-state index is -2.13. The van der Waals surface area contributed by atoms with Crippen LogP contribution in [0.1, 0.15) is 53.0 Å². The monoisotopic (exact) mass is 516 g/mol. The number of rotatable bonds is 12. The van der Waals surface area contributed by atoms with E-state index in [0.29, 0.717) is 19.6 Å². The first kappa shape index (κ1) is 30.0. The number of esters is 1. The summed E-state index contributed by atoms with van der Waals surface area (Å²) in [5.41, 5.74) is 2.37. The Morgan fingerprint density at radius 1 is 1.22 bits per heavy atom. The first-order chi connectivity index (χ1) is 16.9. The van der Waals surface area contributed by atoms with Gasteiger partial charge in [-0.3, -0.25) is 4.79 Å². The van der Waals surface area contributed by atoms with Gasteiger partial charge in [0, 0.05) is 6.92 Å². The molecule has 0 fully saturated rings. The molecule has 7 heteroatoms. The Morgan fingerprint density at radius 2 is 1.92 bits per heavy atom.